The van der Waals surface area contributed by atoms with Gasteiger partial charge in [-0.15, -0.1) is 0 Å². The molecule has 1 atom stereocenters. The number of hydrogen-bond donors (Lipinski definition) is 3. The van der Waals surface area contributed by atoms with Crippen LogP contribution in [0.2, 0.25) is 0 Å². The highest BCUT2D eigenvalue weighted by atomic mass is 16.2. The Labute approximate surface area is 115 Å². The van der Waals surface area contributed by atoms with Crippen molar-refractivity contribution >= 4 is 11.5 Å². The molecule has 0 saturated heterocycles. The van der Waals surface area contributed by atoms with Crippen LogP contribution in [-0.4, -0.2) is 14.5 Å². The molecule has 0 radical (unpaired) electrons. The average molecular weight is 275 g/mol. The summed E-state index contributed by atoms with van der Waals surface area (Å²) in [6.07, 6.45) is 3.38. The lowest BCUT2D eigenvalue weighted by Gasteiger charge is -2.17. The number of aromatic amines is 1. The second-order valence-corrected chi connectivity index (χ2v) is 4.42. The van der Waals surface area contributed by atoms with E-state index in [0.717, 1.165) is 5.56 Å². The van der Waals surface area contributed by atoms with Crippen LogP contribution in [0.1, 0.15) is 25.5 Å². The standard InChI is InChI=1S/C13H17N5O2/c1-3-18-11(14)10(12(19)17-13(18)20)16-8(2)9-5-4-6-15-7-9/h4-8,16H,3,14H2,1-2H3,(H,17,19,20). The van der Waals surface area contributed by atoms with Gasteiger partial charge < -0.3 is 11.1 Å². The summed E-state index contributed by atoms with van der Waals surface area (Å²) in [5.41, 5.74) is 5.98. The Morgan fingerprint density at radius 3 is 2.85 bits per heavy atom. The van der Waals surface area contributed by atoms with Gasteiger partial charge in [0.05, 0.1) is 6.04 Å². The van der Waals surface area contributed by atoms with Gasteiger partial charge in [-0.3, -0.25) is 19.3 Å². The van der Waals surface area contributed by atoms with Gasteiger partial charge in [0.2, 0.25) is 0 Å². The molecule has 2 heterocycles. The Hall–Kier alpha value is -2.57. The van der Waals surface area contributed by atoms with Gasteiger partial charge in [-0.05, 0) is 25.5 Å². The molecule has 0 spiro atoms. The first-order valence-corrected chi connectivity index (χ1v) is 6.33. The van der Waals surface area contributed by atoms with E-state index in [1.807, 2.05) is 19.1 Å². The number of nitrogens with one attached hydrogen (secondary N) is 2. The van der Waals surface area contributed by atoms with E-state index < -0.39 is 11.2 Å². The number of nitrogens with zero attached hydrogens (tertiary/aromatic N) is 2. The van der Waals surface area contributed by atoms with Crippen molar-refractivity contribution in [2.75, 3.05) is 11.1 Å². The van der Waals surface area contributed by atoms with Gasteiger partial charge in [-0.1, -0.05) is 6.07 Å². The summed E-state index contributed by atoms with van der Waals surface area (Å²) in [6.45, 7) is 4.05. The van der Waals surface area contributed by atoms with Crippen LogP contribution in [0.5, 0.6) is 0 Å². The van der Waals surface area contributed by atoms with Gasteiger partial charge in [0.25, 0.3) is 5.56 Å². The fourth-order valence-corrected chi connectivity index (χ4v) is 1.97. The van der Waals surface area contributed by atoms with Crippen molar-refractivity contribution in [3.8, 4) is 0 Å². The molecule has 1 unspecified atom stereocenters. The van der Waals surface area contributed by atoms with Gasteiger partial charge in [0, 0.05) is 18.9 Å². The molecule has 0 amide bonds. The second-order valence-electron chi connectivity index (χ2n) is 4.42. The second kappa shape index (κ2) is 5.60. The SMILES string of the molecule is CCn1c(N)c(NC(C)c2cccnc2)c(=O)[nH]c1=O. The van der Waals surface area contributed by atoms with E-state index in [1.165, 1.54) is 4.57 Å². The van der Waals surface area contributed by atoms with Gasteiger partial charge in [-0.25, -0.2) is 4.79 Å². The molecule has 2 aromatic rings. The zero-order valence-corrected chi connectivity index (χ0v) is 11.4. The molecule has 2 aromatic heterocycles. The van der Waals surface area contributed by atoms with Gasteiger partial charge in [0.15, 0.2) is 0 Å². The number of H-pyrrole nitrogens is 1. The number of nitrogens with two attached hydrogens (primary N) is 1. The predicted octanol–water partition coefficient (Wildman–Crippen LogP) is 0.707. The van der Waals surface area contributed by atoms with Gasteiger partial charge >= 0.3 is 5.69 Å². The maximum Gasteiger partial charge on any atom is 0.330 e. The number of pyridine rings is 1. The molecule has 0 aliphatic carbocycles. The summed E-state index contributed by atoms with van der Waals surface area (Å²) >= 11 is 0. The Morgan fingerprint density at radius 2 is 2.25 bits per heavy atom. The smallest absolute Gasteiger partial charge is 0.330 e. The lowest BCUT2D eigenvalue weighted by molar-refractivity contribution is 0.703. The largest absolute Gasteiger partial charge is 0.383 e. The fourth-order valence-electron chi connectivity index (χ4n) is 1.97. The van der Waals surface area contributed by atoms with E-state index in [9.17, 15) is 9.59 Å². The Morgan fingerprint density at radius 1 is 1.50 bits per heavy atom. The van der Waals surface area contributed by atoms with E-state index in [4.69, 9.17) is 5.73 Å². The van der Waals surface area contributed by atoms with Gasteiger partial charge in [0.1, 0.15) is 11.5 Å². The summed E-state index contributed by atoms with van der Waals surface area (Å²) in [6, 6.07) is 3.55. The first-order chi connectivity index (χ1) is 9.54. The predicted molar refractivity (Wildman–Crippen MR) is 77.7 cm³/mol. The van der Waals surface area contributed by atoms with Crippen molar-refractivity contribution in [2.24, 2.45) is 0 Å². The molecule has 4 N–H and O–H groups in total. The zero-order valence-electron chi connectivity index (χ0n) is 11.4. The van der Waals surface area contributed by atoms with E-state index in [-0.39, 0.29) is 17.5 Å². The molecular formula is C13H17N5O2. The summed E-state index contributed by atoms with van der Waals surface area (Å²) in [5, 5.41) is 3.03. The van der Waals surface area contributed by atoms with Crippen molar-refractivity contribution in [3.63, 3.8) is 0 Å². The van der Waals surface area contributed by atoms with Crippen molar-refractivity contribution in [1.82, 2.24) is 14.5 Å². The van der Waals surface area contributed by atoms with Crippen molar-refractivity contribution in [1.29, 1.82) is 0 Å². The molecule has 0 fully saturated rings. The molecule has 0 saturated carbocycles. The summed E-state index contributed by atoms with van der Waals surface area (Å²) in [4.78, 5) is 29.7. The molecule has 7 nitrogen and oxygen atoms in total. The number of rotatable bonds is 4. The molecule has 20 heavy (non-hydrogen) atoms. The van der Waals surface area contributed by atoms with E-state index in [0.29, 0.717) is 6.54 Å². The highest BCUT2D eigenvalue weighted by molar-refractivity contribution is 5.61. The summed E-state index contributed by atoms with van der Waals surface area (Å²) in [7, 11) is 0. The number of anilines is 2. The molecule has 7 heteroatoms. The number of nitrogen functional groups attached to an aromatic ring is 1. The third-order valence-corrected chi connectivity index (χ3v) is 3.10. The molecular weight excluding hydrogens is 258 g/mol. The Kier molecular flexibility index (Phi) is 3.88. The molecule has 0 aliphatic rings. The molecule has 0 aliphatic heterocycles. The summed E-state index contributed by atoms with van der Waals surface area (Å²) < 4.78 is 1.31. The Balaban J connectivity index is 2.40. The van der Waals surface area contributed by atoms with Crippen LogP contribution in [0, 0.1) is 0 Å². The van der Waals surface area contributed by atoms with Crippen molar-refractivity contribution in [2.45, 2.75) is 26.4 Å². The minimum Gasteiger partial charge on any atom is -0.383 e. The third-order valence-electron chi connectivity index (χ3n) is 3.10. The Bertz CT molecular complexity index is 705. The van der Waals surface area contributed by atoms with Crippen molar-refractivity contribution < 1.29 is 0 Å². The van der Waals surface area contributed by atoms with Crippen LogP contribution < -0.4 is 22.3 Å². The molecule has 0 aromatic carbocycles. The monoisotopic (exact) mass is 275 g/mol. The van der Waals surface area contributed by atoms with Crippen LogP contribution in [0.4, 0.5) is 11.5 Å². The van der Waals surface area contributed by atoms with Crippen molar-refractivity contribution in [3.05, 3.63) is 50.9 Å². The lowest BCUT2D eigenvalue weighted by atomic mass is 10.1. The first kappa shape index (κ1) is 13.9. The van der Waals surface area contributed by atoms with E-state index >= 15 is 0 Å². The maximum absolute atomic E-state index is 11.9. The van der Waals surface area contributed by atoms with Gasteiger partial charge in [-0.2, -0.15) is 0 Å². The molecule has 106 valence electrons. The quantitative estimate of drug-likeness (QED) is 0.762. The topological polar surface area (TPSA) is 106 Å². The van der Waals surface area contributed by atoms with Crippen LogP contribution in [-0.2, 0) is 6.54 Å². The molecule has 0 bridgehead atoms. The van der Waals surface area contributed by atoms with E-state index in [1.54, 1.807) is 19.3 Å². The van der Waals surface area contributed by atoms with E-state index in [2.05, 4.69) is 15.3 Å². The van der Waals surface area contributed by atoms with Crippen LogP contribution in [0.15, 0.2) is 34.1 Å². The maximum atomic E-state index is 11.9. The number of hydrogen-bond acceptors (Lipinski definition) is 5. The molecule has 2 rings (SSSR count). The average Bonchev–Trinajstić information content (AvgIpc) is 2.44. The highest BCUT2D eigenvalue weighted by Crippen LogP contribution is 2.19. The number of aromatic nitrogens is 3. The minimum absolute atomic E-state index is 0.136. The van der Waals surface area contributed by atoms with Crippen LogP contribution in [0.3, 0.4) is 0 Å². The van der Waals surface area contributed by atoms with Crippen LogP contribution >= 0.6 is 0 Å². The highest BCUT2D eigenvalue weighted by Gasteiger charge is 2.14. The minimum atomic E-state index is -0.520. The fraction of sp³-hybridized carbons (Fsp3) is 0.308. The summed E-state index contributed by atoms with van der Waals surface area (Å²) in [5.74, 6) is 0.136. The normalized spacial score (nSPS) is 12.1. The lowest BCUT2D eigenvalue weighted by Crippen LogP contribution is -2.34. The van der Waals surface area contributed by atoms with Crippen LogP contribution in [0.25, 0.3) is 0 Å². The third kappa shape index (κ3) is 2.56. The first-order valence-electron chi connectivity index (χ1n) is 6.33. The zero-order chi connectivity index (χ0) is 14.7.